The summed E-state index contributed by atoms with van der Waals surface area (Å²) in [6.45, 7) is 8.21. The molecule has 1 aliphatic heterocycles. The third kappa shape index (κ3) is 3.90. The number of hydrogen-bond acceptors (Lipinski definition) is 7. The molecule has 7 heteroatoms. The van der Waals surface area contributed by atoms with Crippen molar-refractivity contribution in [2.45, 2.75) is 20.4 Å². The molecule has 6 nitrogen and oxygen atoms in total. The zero-order valence-corrected chi connectivity index (χ0v) is 16.6. The summed E-state index contributed by atoms with van der Waals surface area (Å²) < 4.78 is 16.9. The van der Waals surface area contributed by atoms with Crippen molar-refractivity contribution >= 4 is 21.6 Å². The van der Waals surface area contributed by atoms with Gasteiger partial charge >= 0.3 is 0 Å². The number of thiophene rings is 1. The number of aryl methyl sites for hydroxylation is 2. The second kappa shape index (κ2) is 7.80. The number of hydrogen-bond donors (Lipinski definition) is 0. The Labute approximate surface area is 162 Å². The molecule has 1 aromatic carbocycles. The summed E-state index contributed by atoms with van der Waals surface area (Å²) in [7, 11) is 1.65. The van der Waals surface area contributed by atoms with E-state index in [0.717, 1.165) is 48.1 Å². The molecule has 1 saturated heterocycles. The largest absolute Gasteiger partial charge is 0.497 e. The highest BCUT2D eigenvalue weighted by Gasteiger charge is 2.19. The van der Waals surface area contributed by atoms with Crippen LogP contribution < -0.4 is 9.47 Å². The van der Waals surface area contributed by atoms with E-state index in [-0.39, 0.29) is 0 Å². The van der Waals surface area contributed by atoms with Gasteiger partial charge in [-0.3, -0.25) is 4.90 Å². The number of nitrogens with zero attached hydrogens (tertiary/aromatic N) is 3. The minimum absolute atomic E-state index is 0.610. The number of ether oxygens (including phenoxy) is 3. The first-order chi connectivity index (χ1) is 13.1. The second-order valence-corrected chi connectivity index (χ2v) is 7.78. The second-order valence-electron chi connectivity index (χ2n) is 6.58. The Kier molecular flexibility index (Phi) is 5.24. The summed E-state index contributed by atoms with van der Waals surface area (Å²) in [5.74, 6) is 2.85. The minimum atomic E-state index is 0.610. The van der Waals surface area contributed by atoms with Gasteiger partial charge in [0.05, 0.1) is 32.3 Å². The fourth-order valence-electron chi connectivity index (χ4n) is 3.14. The number of rotatable bonds is 5. The minimum Gasteiger partial charge on any atom is -0.497 e. The normalized spacial score (nSPS) is 15.2. The van der Waals surface area contributed by atoms with Gasteiger partial charge in [-0.15, -0.1) is 11.3 Å². The topological polar surface area (TPSA) is 56.7 Å². The molecular weight excluding hydrogens is 362 g/mol. The average molecular weight is 385 g/mol. The molecule has 3 heterocycles. The summed E-state index contributed by atoms with van der Waals surface area (Å²) >= 11 is 1.69. The first kappa shape index (κ1) is 18.2. The number of morpholine rings is 1. The van der Waals surface area contributed by atoms with Gasteiger partial charge < -0.3 is 14.2 Å². The van der Waals surface area contributed by atoms with E-state index in [1.807, 2.05) is 24.3 Å². The summed E-state index contributed by atoms with van der Waals surface area (Å²) in [5, 5.41) is 0.992. The monoisotopic (exact) mass is 385 g/mol. The smallest absolute Gasteiger partial charge is 0.231 e. The van der Waals surface area contributed by atoms with Crippen LogP contribution in [0.25, 0.3) is 10.2 Å². The predicted octanol–water partition coefficient (Wildman–Crippen LogP) is 3.94. The Morgan fingerprint density at radius 3 is 2.70 bits per heavy atom. The van der Waals surface area contributed by atoms with Crippen molar-refractivity contribution < 1.29 is 14.2 Å². The molecule has 142 valence electrons. The summed E-state index contributed by atoms with van der Waals surface area (Å²) in [6.07, 6.45) is 0. The first-order valence-electron chi connectivity index (χ1n) is 9.02. The maximum atomic E-state index is 6.19. The van der Waals surface area contributed by atoms with Crippen LogP contribution in [0.2, 0.25) is 0 Å². The lowest BCUT2D eigenvalue weighted by Gasteiger charge is -2.25. The van der Waals surface area contributed by atoms with Crippen LogP contribution in [0, 0.1) is 13.8 Å². The van der Waals surface area contributed by atoms with Gasteiger partial charge in [0, 0.05) is 24.0 Å². The van der Waals surface area contributed by atoms with E-state index in [9.17, 15) is 0 Å². The number of aromatic nitrogens is 2. The molecule has 0 amide bonds. The molecule has 0 atom stereocenters. The van der Waals surface area contributed by atoms with E-state index in [4.69, 9.17) is 24.2 Å². The average Bonchev–Trinajstić information content (AvgIpc) is 2.97. The third-order valence-electron chi connectivity index (χ3n) is 4.77. The van der Waals surface area contributed by atoms with E-state index in [0.29, 0.717) is 18.2 Å². The zero-order valence-electron chi connectivity index (χ0n) is 15.8. The molecule has 4 rings (SSSR count). The van der Waals surface area contributed by atoms with Crippen molar-refractivity contribution in [3.05, 3.63) is 40.5 Å². The molecule has 0 saturated carbocycles. The molecule has 0 bridgehead atoms. The zero-order chi connectivity index (χ0) is 18.8. The SMILES string of the molecule is COc1cccc(Oc2nc(CN3CCOCC3)nc3sc(C)c(C)c23)c1. The van der Waals surface area contributed by atoms with Crippen LogP contribution in [-0.4, -0.2) is 48.3 Å². The lowest BCUT2D eigenvalue weighted by Crippen LogP contribution is -2.36. The van der Waals surface area contributed by atoms with Gasteiger partial charge in [0.1, 0.15) is 22.2 Å². The highest BCUT2D eigenvalue weighted by molar-refractivity contribution is 7.18. The van der Waals surface area contributed by atoms with Crippen molar-refractivity contribution in [2.24, 2.45) is 0 Å². The lowest BCUT2D eigenvalue weighted by atomic mass is 10.2. The molecule has 1 aliphatic rings. The highest BCUT2D eigenvalue weighted by Crippen LogP contribution is 2.37. The molecule has 0 aliphatic carbocycles. The molecule has 0 unspecified atom stereocenters. The molecule has 1 fully saturated rings. The van der Waals surface area contributed by atoms with Gasteiger partial charge in [-0.1, -0.05) is 6.07 Å². The van der Waals surface area contributed by atoms with E-state index in [1.54, 1.807) is 18.4 Å². The summed E-state index contributed by atoms with van der Waals surface area (Å²) in [5.41, 5.74) is 1.17. The lowest BCUT2D eigenvalue weighted by molar-refractivity contribution is 0.0330. The Bertz CT molecular complexity index is 951. The van der Waals surface area contributed by atoms with Crippen molar-refractivity contribution in [1.82, 2.24) is 14.9 Å². The van der Waals surface area contributed by atoms with Gasteiger partial charge in [-0.05, 0) is 31.5 Å². The van der Waals surface area contributed by atoms with Gasteiger partial charge in [0.15, 0.2) is 0 Å². The fraction of sp³-hybridized carbons (Fsp3) is 0.400. The van der Waals surface area contributed by atoms with Crippen LogP contribution in [0.5, 0.6) is 17.4 Å². The predicted molar refractivity (Wildman–Crippen MR) is 106 cm³/mol. The maximum absolute atomic E-state index is 6.19. The Hall–Kier alpha value is -2.22. The molecule has 0 N–H and O–H groups in total. The molecule has 3 aromatic rings. The maximum Gasteiger partial charge on any atom is 0.231 e. The van der Waals surface area contributed by atoms with E-state index < -0.39 is 0 Å². The number of fused-ring (bicyclic) bond motifs is 1. The highest BCUT2D eigenvalue weighted by atomic mass is 32.1. The number of methoxy groups -OCH3 is 1. The number of benzene rings is 1. The molecular formula is C20H23N3O3S. The first-order valence-corrected chi connectivity index (χ1v) is 9.84. The van der Waals surface area contributed by atoms with Crippen LogP contribution in [0.15, 0.2) is 24.3 Å². The fourth-order valence-corrected chi connectivity index (χ4v) is 4.17. The van der Waals surface area contributed by atoms with Crippen LogP contribution in [0.1, 0.15) is 16.3 Å². The quantitative estimate of drug-likeness (QED) is 0.663. The third-order valence-corrected chi connectivity index (χ3v) is 5.87. The van der Waals surface area contributed by atoms with Crippen LogP contribution in [0.3, 0.4) is 0 Å². The molecule has 0 radical (unpaired) electrons. The van der Waals surface area contributed by atoms with Crippen LogP contribution in [0.4, 0.5) is 0 Å². The van der Waals surface area contributed by atoms with E-state index in [1.165, 1.54) is 10.4 Å². The summed E-state index contributed by atoms with van der Waals surface area (Å²) in [4.78, 5) is 14.1. The Morgan fingerprint density at radius 1 is 1.15 bits per heavy atom. The van der Waals surface area contributed by atoms with Crippen LogP contribution in [-0.2, 0) is 11.3 Å². The van der Waals surface area contributed by atoms with Gasteiger partial charge in [0.2, 0.25) is 5.88 Å². The Balaban J connectivity index is 1.71. The standard InChI is InChI=1S/C20H23N3O3S/c1-13-14(2)27-20-18(13)19(26-16-6-4-5-15(11-16)24-3)21-17(22-20)12-23-7-9-25-10-8-23/h4-6,11H,7-10,12H2,1-3H3. The molecule has 0 spiro atoms. The van der Waals surface area contributed by atoms with Gasteiger partial charge in [-0.2, -0.15) is 4.98 Å². The van der Waals surface area contributed by atoms with Crippen molar-refractivity contribution in [1.29, 1.82) is 0 Å². The molecule has 2 aromatic heterocycles. The Morgan fingerprint density at radius 2 is 1.93 bits per heavy atom. The van der Waals surface area contributed by atoms with E-state index in [2.05, 4.69) is 18.7 Å². The van der Waals surface area contributed by atoms with Gasteiger partial charge in [0.25, 0.3) is 0 Å². The van der Waals surface area contributed by atoms with Crippen molar-refractivity contribution in [3.8, 4) is 17.4 Å². The van der Waals surface area contributed by atoms with E-state index >= 15 is 0 Å². The summed E-state index contributed by atoms with van der Waals surface area (Å²) in [6, 6.07) is 7.58. The van der Waals surface area contributed by atoms with Gasteiger partial charge in [-0.25, -0.2) is 4.98 Å². The van der Waals surface area contributed by atoms with Crippen LogP contribution >= 0.6 is 11.3 Å². The van der Waals surface area contributed by atoms with Crippen molar-refractivity contribution in [2.75, 3.05) is 33.4 Å². The molecule has 27 heavy (non-hydrogen) atoms. The van der Waals surface area contributed by atoms with Crippen molar-refractivity contribution in [3.63, 3.8) is 0 Å².